The predicted molar refractivity (Wildman–Crippen MR) is 72.9 cm³/mol. The van der Waals surface area contributed by atoms with Crippen LogP contribution in [0.2, 0.25) is 0 Å². The van der Waals surface area contributed by atoms with E-state index in [1.807, 2.05) is 19.1 Å². The first-order valence-electron chi connectivity index (χ1n) is 6.44. The monoisotopic (exact) mass is 264 g/mol. The minimum Gasteiger partial charge on any atom is -0.482 e. The van der Waals surface area contributed by atoms with Gasteiger partial charge in [-0.15, -0.1) is 0 Å². The molecule has 1 aromatic carbocycles. The van der Waals surface area contributed by atoms with Crippen molar-refractivity contribution in [1.82, 2.24) is 4.90 Å². The number of carbonyl (C=O) groups excluding carboxylic acids is 1. The van der Waals surface area contributed by atoms with Gasteiger partial charge in [-0.05, 0) is 25.5 Å². The average Bonchev–Trinajstić information content (AvgIpc) is 2.83. The van der Waals surface area contributed by atoms with Crippen LogP contribution in [0.5, 0.6) is 5.75 Å². The van der Waals surface area contributed by atoms with Gasteiger partial charge in [0.25, 0.3) is 5.91 Å². The van der Waals surface area contributed by atoms with Crippen molar-refractivity contribution in [3.63, 3.8) is 0 Å². The largest absolute Gasteiger partial charge is 0.482 e. The first kappa shape index (κ1) is 13.7. The number of nitrogens with zero attached hydrogens (tertiary/aromatic N) is 1. The summed E-state index contributed by atoms with van der Waals surface area (Å²) in [5.41, 5.74) is 6.29. The Morgan fingerprint density at radius 3 is 2.89 bits per heavy atom. The fourth-order valence-electron chi connectivity index (χ4n) is 2.27. The highest BCUT2D eigenvalue weighted by molar-refractivity contribution is 5.78. The smallest absolute Gasteiger partial charge is 0.260 e. The molecule has 0 aliphatic carbocycles. The molecule has 1 aromatic rings. The van der Waals surface area contributed by atoms with Gasteiger partial charge in [0.2, 0.25) is 0 Å². The Balaban J connectivity index is 1.89. The SMILES string of the molecule is CC1OCCC1N(C)C(=O)COc1ccccc1N. The topological polar surface area (TPSA) is 64.8 Å². The van der Waals surface area contributed by atoms with E-state index in [1.165, 1.54) is 0 Å². The van der Waals surface area contributed by atoms with Crippen LogP contribution in [0.3, 0.4) is 0 Å². The Labute approximate surface area is 113 Å². The molecule has 0 aromatic heterocycles. The number of likely N-dealkylation sites (N-methyl/N-ethyl adjacent to an activating group) is 1. The van der Waals surface area contributed by atoms with Crippen LogP contribution in [0.4, 0.5) is 5.69 Å². The van der Waals surface area contributed by atoms with Crippen molar-refractivity contribution in [2.75, 3.05) is 26.0 Å². The molecule has 1 amide bonds. The number of hydrogen-bond donors (Lipinski definition) is 1. The van der Waals surface area contributed by atoms with Crippen molar-refractivity contribution in [1.29, 1.82) is 0 Å². The third-order valence-electron chi connectivity index (χ3n) is 3.50. The van der Waals surface area contributed by atoms with Crippen LogP contribution in [-0.4, -0.2) is 43.2 Å². The first-order chi connectivity index (χ1) is 9.09. The van der Waals surface area contributed by atoms with Gasteiger partial charge in [-0.2, -0.15) is 0 Å². The Morgan fingerprint density at radius 2 is 2.26 bits per heavy atom. The van der Waals surface area contributed by atoms with Gasteiger partial charge in [0, 0.05) is 13.7 Å². The second-order valence-electron chi connectivity index (χ2n) is 4.76. The molecule has 5 heteroatoms. The summed E-state index contributed by atoms with van der Waals surface area (Å²) in [6.07, 6.45) is 0.951. The average molecular weight is 264 g/mol. The molecule has 0 spiro atoms. The number of nitrogen functional groups attached to an aromatic ring is 1. The van der Waals surface area contributed by atoms with Gasteiger partial charge in [-0.3, -0.25) is 4.79 Å². The fourth-order valence-corrected chi connectivity index (χ4v) is 2.27. The van der Waals surface area contributed by atoms with Gasteiger partial charge in [0.1, 0.15) is 5.75 Å². The summed E-state index contributed by atoms with van der Waals surface area (Å²) >= 11 is 0. The van der Waals surface area contributed by atoms with Crippen molar-refractivity contribution < 1.29 is 14.3 Å². The van der Waals surface area contributed by atoms with Crippen molar-refractivity contribution in [2.45, 2.75) is 25.5 Å². The summed E-state index contributed by atoms with van der Waals surface area (Å²) in [5, 5.41) is 0. The van der Waals surface area contributed by atoms with Crippen molar-refractivity contribution in [3.05, 3.63) is 24.3 Å². The molecule has 1 heterocycles. The summed E-state index contributed by atoms with van der Waals surface area (Å²) in [7, 11) is 1.79. The van der Waals surface area contributed by atoms with Crippen molar-refractivity contribution in [2.24, 2.45) is 0 Å². The van der Waals surface area contributed by atoms with Gasteiger partial charge in [-0.25, -0.2) is 0 Å². The maximum absolute atomic E-state index is 12.1. The molecule has 1 aliphatic heterocycles. The van der Waals surface area contributed by atoms with Crippen molar-refractivity contribution >= 4 is 11.6 Å². The standard InChI is InChI=1S/C14H20N2O3/c1-10-12(7-8-18-10)16(2)14(17)9-19-13-6-4-3-5-11(13)15/h3-6,10,12H,7-9,15H2,1-2H3. The van der Waals surface area contributed by atoms with Gasteiger partial charge >= 0.3 is 0 Å². The van der Waals surface area contributed by atoms with E-state index in [1.54, 1.807) is 24.1 Å². The molecule has 2 atom stereocenters. The minimum absolute atomic E-state index is 0.00602. The zero-order valence-electron chi connectivity index (χ0n) is 11.3. The summed E-state index contributed by atoms with van der Waals surface area (Å²) in [5.74, 6) is 0.477. The summed E-state index contributed by atoms with van der Waals surface area (Å²) < 4.78 is 10.9. The van der Waals surface area contributed by atoms with Crippen LogP contribution in [0.25, 0.3) is 0 Å². The summed E-state index contributed by atoms with van der Waals surface area (Å²) in [4.78, 5) is 13.8. The molecule has 2 N–H and O–H groups in total. The van der Waals surface area contributed by atoms with Crippen LogP contribution in [0, 0.1) is 0 Å². The van der Waals surface area contributed by atoms with Gasteiger partial charge in [-0.1, -0.05) is 12.1 Å². The van der Waals surface area contributed by atoms with E-state index in [0.717, 1.165) is 6.42 Å². The molecular formula is C14H20N2O3. The minimum atomic E-state index is -0.0643. The number of anilines is 1. The number of benzene rings is 1. The van der Waals surface area contributed by atoms with Crippen LogP contribution in [-0.2, 0) is 9.53 Å². The molecule has 19 heavy (non-hydrogen) atoms. The van der Waals surface area contributed by atoms with Crippen LogP contribution in [0.1, 0.15) is 13.3 Å². The maximum atomic E-state index is 12.1. The number of para-hydroxylation sites is 2. The van der Waals surface area contributed by atoms with E-state index in [-0.39, 0.29) is 24.7 Å². The molecule has 104 valence electrons. The Kier molecular flexibility index (Phi) is 4.27. The van der Waals surface area contributed by atoms with Crippen LogP contribution in [0.15, 0.2) is 24.3 Å². The Hall–Kier alpha value is -1.75. The highest BCUT2D eigenvalue weighted by Crippen LogP contribution is 2.21. The van der Waals surface area contributed by atoms with Crippen LogP contribution < -0.4 is 10.5 Å². The number of nitrogens with two attached hydrogens (primary N) is 1. The lowest BCUT2D eigenvalue weighted by molar-refractivity contribution is -0.135. The number of amides is 1. The molecule has 2 rings (SSSR count). The van der Waals surface area contributed by atoms with E-state index in [2.05, 4.69) is 0 Å². The highest BCUT2D eigenvalue weighted by Gasteiger charge is 2.30. The number of rotatable bonds is 4. The van der Waals surface area contributed by atoms with E-state index in [0.29, 0.717) is 18.0 Å². The van der Waals surface area contributed by atoms with E-state index in [9.17, 15) is 4.79 Å². The summed E-state index contributed by atoms with van der Waals surface area (Å²) in [6, 6.07) is 7.28. The van der Waals surface area contributed by atoms with E-state index >= 15 is 0 Å². The maximum Gasteiger partial charge on any atom is 0.260 e. The molecule has 0 bridgehead atoms. The number of hydrogen-bond acceptors (Lipinski definition) is 4. The number of ether oxygens (including phenoxy) is 2. The van der Waals surface area contributed by atoms with E-state index < -0.39 is 0 Å². The lowest BCUT2D eigenvalue weighted by atomic mass is 10.1. The van der Waals surface area contributed by atoms with Gasteiger partial charge in [0.15, 0.2) is 6.61 Å². The number of carbonyl (C=O) groups is 1. The quantitative estimate of drug-likeness (QED) is 0.832. The van der Waals surface area contributed by atoms with Gasteiger partial charge < -0.3 is 20.1 Å². The Bertz CT molecular complexity index is 450. The molecule has 2 unspecified atom stereocenters. The van der Waals surface area contributed by atoms with Crippen molar-refractivity contribution in [3.8, 4) is 5.75 Å². The second-order valence-corrected chi connectivity index (χ2v) is 4.76. The molecule has 5 nitrogen and oxygen atoms in total. The molecule has 1 fully saturated rings. The zero-order valence-corrected chi connectivity index (χ0v) is 11.3. The van der Waals surface area contributed by atoms with E-state index in [4.69, 9.17) is 15.2 Å². The molecule has 0 radical (unpaired) electrons. The molecule has 1 saturated heterocycles. The fraction of sp³-hybridized carbons (Fsp3) is 0.500. The lowest BCUT2D eigenvalue weighted by Gasteiger charge is -2.26. The molecule has 0 saturated carbocycles. The normalized spacial score (nSPS) is 22.2. The van der Waals surface area contributed by atoms with Crippen LogP contribution >= 0.6 is 0 Å². The highest BCUT2D eigenvalue weighted by atomic mass is 16.5. The third kappa shape index (κ3) is 3.17. The third-order valence-corrected chi connectivity index (χ3v) is 3.50. The summed E-state index contributed by atoms with van der Waals surface area (Å²) in [6.45, 7) is 2.68. The zero-order chi connectivity index (χ0) is 13.8. The molecule has 1 aliphatic rings. The Morgan fingerprint density at radius 1 is 1.53 bits per heavy atom. The second kappa shape index (κ2) is 5.93. The lowest BCUT2D eigenvalue weighted by Crippen LogP contribution is -2.43. The first-order valence-corrected chi connectivity index (χ1v) is 6.44. The van der Waals surface area contributed by atoms with Gasteiger partial charge in [0.05, 0.1) is 17.8 Å². The predicted octanol–water partition coefficient (Wildman–Crippen LogP) is 1.28. The molecular weight excluding hydrogens is 244 g/mol.